The van der Waals surface area contributed by atoms with Gasteiger partial charge in [0.1, 0.15) is 0 Å². The van der Waals surface area contributed by atoms with Crippen molar-refractivity contribution >= 4 is 44.7 Å². The molecule has 1 amide bonds. The third-order valence-electron chi connectivity index (χ3n) is 4.25. The van der Waals surface area contributed by atoms with Gasteiger partial charge < -0.3 is 4.90 Å². The molecule has 0 bridgehead atoms. The first-order valence-electron chi connectivity index (χ1n) is 8.53. The van der Waals surface area contributed by atoms with E-state index in [1.54, 1.807) is 46.2 Å². The Hall–Kier alpha value is -1.35. The molecule has 1 aliphatic rings. The van der Waals surface area contributed by atoms with Crippen LogP contribution in [0.2, 0.25) is 0 Å². The van der Waals surface area contributed by atoms with E-state index in [9.17, 15) is 13.2 Å². The quantitative estimate of drug-likeness (QED) is 0.781. The standard InChI is InChI=1S/C18H22N2O3S3/c1-3-5-15(17-6-4-10-24-17)19-26(22,23)14-7-8-18-16(12-14)20(13(2)21)9-11-25-18/h4,6-8,10,12,15,19H,3,5,9,11H2,1-2H3. The highest BCUT2D eigenvalue weighted by atomic mass is 32.2. The zero-order valence-electron chi connectivity index (χ0n) is 14.8. The molecule has 5 nitrogen and oxygen atoms in total. The molecule has 1 aromatic heterocycles. The van der Waals surface area contributed by atoms with Crippen LogP contribution in [-0.4, -0.2) is 26.6 Å². The number of nitrogens with one attached hydrogen (secondary N) is 1. The van der Waals surface area contributed by atoms with Gasteiger partial charge in [0.05, 0.1) is 16.6 Å². The van der Waals surface area contributed by atoms with Crippen molar-refractivity contribution in [3.05, 3.63) is 40.6 Å². The molecule has 1 unspecified atom stereocenters. The molecule has 0 spiro atoms. The van der Waals surface area contributed by atoms with Gasteiger partial charge in [0.2, 0.25) is 15.9 Å². The number of hydrogen-bond donors (Lipinski definition) is 1. The number of nitrogens with zero attached hydrogens (tertiary/aromatic N) is 1. The summed E-state index contributed by atoms with van der Waals surface area (Å²) in [6, 6.07) is 8.67. The maximum atomic E-state index is 13.0. The molecule has 0 saturated carbocycles. The molecule has 2 heterocycles. The number of benzene rings is 1. The van der Waals surface area contributed by atoms with Crippen molar-refractivity contribution in [2.45, 2.75) is 42.5 Å². The summed E-state index contributed by atoms with van der Waals surface area (Å²) in [5.41, 5.74) is 0.680. The zero-order valence-corrected chi connectivity index (χ0v) is 17.2. The van der Waals surface area contributed by atoms with E-state index in [2.05, 4.69) is 4.72 Å². The van der Waals surface area contributed by atoms with Gasteiger partial charge in [-0.2, -0.15) is 0 Å². The highest BCUT2D eigenvalue weighted by Gasteiger charge is 2.26. The van der Waals surface area contributed by atoms with E-state index in [1.165, 1.54) is 6.92 Å². The van der Waals surface area contributed by atoms with Gasteiger partial charge in [-0.25, -0.2) is 13.1 Å². The number of carbonyl (C=O) groups excluding carboxylic acids is 1. The fourth-order valence-corrected chi connectivity index (χ4v) is 6.12. The van der Waals surface area contributed by atoms with Crippen molar-refractivity contribution in [2.75, 3.05) is 17.2 Å². The molecule has 2 aromatic rings. The first-order chi connectivity index (χ1) is 12.4. The number of rotatable bonds is 6. The first kappa shape index (κ1) is 19.4. The maximum absolute atomic E-state index is 13.0. The number of thiophene rings is 1. The van der Waals surface area contributed by atoms with Crippen LogP contribution in [0.3, 0.4) is 0 Å². The lowest BCUT2D eigenvalue weighted by molar-refractivity contribution is -0.116. The normalized spacial score (nSPS) is 15.5. The van der Waals surface area contributed by atoms with E-state index in [4.69, 9.17) is 0 Å². The van der Waals surface area contributed by atoms with Gasteiger partial charge in [0.25, 0.3) is 0 Å². The predicted molar refractivity (Wildman–Crippen MR) is 107 cm³/mol. The summed E-state index contributed by atoms with van der Waals surface area (Å²) in [6.45, 7) is 4.14. The topological polar surface area (TPSA) is 66.5 Å². The highest BCUT2D eigenvalue weighted by molar-refractivity contribution is 7.99. The maximum Gasteiger partial charge on any atom is 0.241 e. The number of sulfonamides is 1. The number of amides is 1. The summed E-state index contributed by atoms with van der Waals surface area (Å²) in [6.07, 6.45) is 1.62. The summed E-state index contributed by atoms with van der Waals surface area (Å²) in [5, 5.41) is 1.95. The Morgan fingerprint density at radius 1 is 1.35 bits per heavy atom. The van der Waals surface area contributed by atoms with Crippen LogP contribution >= 0.6 is 23.1 Å². The van der Waals surface area contributed by atoms with Crippen LogP contribution in [0.15, 0.2) is 45.5 Å². The lowest BCUT2D eigenvalue weighted by Crippen LogP contribution is -2.34. The Bertz CT molecular complexity index is 879. The van der Waals surface area contributed by atoms with Crippen molar-refractivity contribution in [3.8, 4) is 0 Å². The molecular formula is C18H22N2O3S3. The molecule has 8 heteroatoms. The van der Waals surface area contributed by atoms with Crippen molar-refractivity contribution in [2.24, 2.45) is 0 Å². The van der Waals surface area contributed by atoms with E-state index in [-0.39, 0.29) is 16.8 Å². The van der Waals surface area contributed by atoms with Crippen molar-refractivity contribution in [1.29, 1.82) is 0 Å². The van der Waals surface area contributed by atoms with Gasteiger partial charge in [-0.1, -0.05) is 19.4 Å². The van der Waals surface area contributed by atoms with E-state index in [1.807, 2.05) is 24.4 Å². The third-order valence-corrected chi connectivity index (χ3v) is 7.74. The molecule has 0 radical (unpaired) electrons. The number of anilines is 1. The summed E-state index contributed by atoms with van der Waals surface area (Å²) >= 11 is 3.19. The summed E-state index contributed by atoms with van der Waals surface area (Å²) in [4.78, 5) is 15.7. The Morgan fingerprint density at radius 2 is 2.15 bits per heavy atom. The minimum Gasteiger partial charge on any atom is -0.311 e. The molecule has 1 aromatic carbocycles. The number of carbonyl (C=O) groups is 1. The second-order valence-corrected chi connectivity index (χ2v) is 9.96. The number of hydrogen-bond acceptors (Lipinski definition) is 5. The summed E-state index contributed by atoms with van der Waals surface area (Å²) in [5.74, 6) is 0.741. The minimum absolute atomic E-state index is 0.0727. The van der Waals surface area contributed by atoms with E-state index >= 15 is 0 Å². The van der Waals surface area contributed by atoms with Crippen LogP contribution in [0.25, 0.3) is 0 Å². The van der Waals surface area contributed by atoms with Gasteiger partial charge in [0, 0.05) is 29.0 Å². The fraction of sp³-hybridized carbons (Fsp3) is 0.389. The smallest absolute Gasteiger partial charge is 0.241 e. The van der Waals surface area contributed by atoms with Crippen LogP contribution in [0.5, 0.6) is 0 Å². The van der Waals surface area contributed by atoms with E-state index in [0.717, 1.165) is 28.4 Å². The van der Waals surface area contributed by atoms with Gasteiger partial charge in [0.15, 0.2) is 0 Å². The fourth-order valence-electron chi connectivity index (χ4n) is 2.98. The largest absolute Gasteiger partial charge is 0.311 e. The van der Waals surface area contributed by atoms with Crippen LogP contribution in [0, 0.1) is 0 Å². The minimum atomic E-state index is -3.68. The Balaban J connectivity index is 1.92. The Kier molecular flexibility index (Phi) is 6.06. The predicted octanol–water partition coefficient (Wildman–Crippen LogP) is 4.03. The highest BCUT2D eigenvalue weighted by Crippen LogP contribution is 2.36. The molecule has 0 aliphatic carbocycles. The Labute approximate surface area is 162 Å². The molecule has 3 rings (SSSR count). The van der Waals surface area contributed by atoms with Crippen LogP contribution in [0.4, 0.5) is 5.69 Å². The second-order valence-electron chi connectivity index (χ2n) is 6.13. The molecular weight excluding hydrogens is 388 g/mol. The van der Waals surface area contributed by atoms with Gasteiger partial charge in [-0.05, 0) is 36.1 Å². The number of thioether (sulfide) groups is 1. The molecule has 0 saturated heterocycles. The zero-order chi connectivity index (χ0) is 18.7. The summed E-state index contributed by atoms with van der Waals surface area (Å²) in [7, 11) is -3.68. The Morgan fingerprint density at radius 3 is 2.81 bits per heavy atom. The molecule has 26 heavy (non-hydrogen) atoms. The van der Waals surface area contributed by atoms with E-state index < -0.39 is 10.0 Å². The van der Waals surface area contributed by atoms with Crippen molar-refractivity contribution < 1.29 is 13.2 Å². The average Bonchev–Trinajstić information content (AvgIpc) is 3.14. The molecule has 0 fully saturated rings. The average molecular weight is 411 g/mol. The van der Waals surface area contributed by atoms with Crippen LogP contribution in [0.1, 0.15) is 37.6 Å². The van der Waals surface area contributed by atoms with Gasteiger partial charge in [-0.3, -0.25) is 4.79 Å². The molecule has 140 valence electrons. The van der Waals surface area contributed by atoms with Crippen LogP contribution in [-0.2, 0) is 14.8 Å². The van der Waals surface area contributed by atoms with Crippen molar-refractivity contribution in [3.63, 3.8) is 0 Å². The summed E-state index contributed by atoms with van der Waals surface area (Å²) < 4.78 is 28.8. The van der Waals surface area contributed by atoms with E-state index in [0.29, 0.717) is 12.2 Å². The number of fused-ring (bicyclic) bond motifs is 1. The lowest BCUT2D eigenvalue weighted by atomic mass is 10.1. The monoisotopic (exact) mass is 410 g/mol. The van der Waals surface area contributed by atoms with Crippen LogP contribution < -0.4 is 9.62 Å². The van der Waals surface area contributed by atoms with Gasteiger partial charge in [-0.15, -0.1) is 23.1 Å². The molecule has 1 N–H and O–H groups in total. The molecule has 1 aliphatic heterocycles. The van der Waals surface area contributed by atoms with Crippen molar-refractivity contribution in [1.82, 2.24) is 4.72 Å². The second kappa shape index (κ2) is 8.12. The molecule has 1 atom stereocenters. The lowest BCUT2D eigenvalue weighted by Gasteiger charge is -2.28. The van der Waals surface area contributed by atoms with Gasteiger partial charge >= 0.3 is 0 Å². The first-order valence-corrected chi connectivity index (χ1v) is 11.9. The SMILES string of the molecule is CCCC(NS(=O)(=O)c1ccc2c(c1)N(C(C)=O)CCS2)c1cccs1. The third kappa shape index (κ3) is 4.14.